The molecule has 0 aromatic heterocycles. The fourth-order valence-electron chi connectivity index (χ4n) is 2.60. The first kappa shape index (κ1) is 16.0. The van der Waals surface area contributed by atoms with Crippen LogP contribution in [-0.4, -0.2) is 36.4 Å². The van der Waals surface area contributed by atoms with Crippen LogP contribution < -0.4 is 4.74 Å². The van der Waals surface area contributed by atoms with Gasteiger partial charge in [-0.2, -0.15) is 8.78 Å². The average molecular weight is 318 g/mol. The van der Waals surface area contributed by atoms with Crippen LogP contribution in [0.5, 0.6) is 5.75 Å². The van der Waals surface area contributed by atoms with E-state index in [1.54, 1.807) is 0 Å². The third-order valence-corrected chi connectivity index (χ3v) is 3.87. The molecule has 0 saturated carbocycles. The molecule has 1 aromatic rings. The number of carbonyl (C=O) groups is 1. The van der Waals surface area contributed by atoms with E-state index in [0.717, 1.165) is 25.8 Å². The molecular formula is C15H18ClF2NO2. The quantitative estimate of drug-likeness (QED) is 0.774. The van der Waals surface area contributed by atoms with Gasteiger partial charge in [-0.3, -0.25) is 4.79 Å². The van der Waals surface area contributed by atoms with E-state index in [0.29, 0.717) is 23.9 Å². The lowest BCUT2D eigenvalue weighted by atomic mass is 9.95. The number of alkyl halides is 3. The van der Waals surface area contributed by atoms with E-state index in [-0.39, 0.29) is 11.7 Å². The number of piperidine rings is 1. The van der Waals surface area contributed by atoms with Gasteiger partial charge in [0.05, 0.1) is 0 Å². The zero-order valence-corrected chi connectivity index (χ0v) is 12.4. The molecule has 1 aliphatic rings. The van der Waals surface area contributed by atoms with Crippen molar-refractivity contribution in [1.82, 2.24) is 4.90 Å². The third kappa shape index (κ3) is 4.56. The van der Waals surface area contributed by atoms with Crippen molar-refractivity contribution < 1.29 is 18.3 Å². The second-order valence-corrected chi connectivity index (χ2v) is 5.52. The highest BCUT2D eigenvalue weighted by molar-refractivity contribution is 6.17. The molecule has 1 heterocycles. The Morgan fingerprint density at radius 2 is 2.10 bits per heavy atom. The van der Waals surface area contributed by atoms with E-state index in [1.807, 2.05) is 4.90 Å². The number of rotatable bonds is 5. The highest BCUT2D eigenvalue weighted by Crippen LogP contribution is 2.22. The van der Waals surface area contributed by atoms with Crippen molar-refractivity contribution in [2.75, 3.05) is 19.0 Å². The van der Waals surface area contributed by atoms with Crippen LogP contribution in [0.2, 0.25) is 0 Å². The van der Waals surface area contributed by atoms with E-state index in [4.69, 9.17) is 11.6 Å². The molecule has 0 aliphatic carbocycles. The van der Waals surface area contributed by atoms with Gasteiger partial charge in [0, 0.05) is 24.5 Å². The Hall–Kier alpha value is -1.36. The summed E-state index contributed by atoms with van der Waals surface area (Å²) in [6, 6.07) is 5.82. The lowest BCUT2D eigenvalue weighted by molar-refractivity contribution is -0.0498. The Morgan fingerprint density at radius 1 is 1.38 bits per heavy atom. The van der Waals surface area contributed by atoms with Crippen LogP contribution in [0, 0.1) is 5.92 Å². The van der Waals surface area contributed by atoms with Gasteiger partial charge < -0.3 is 9.64 Å². The summed E-state index contributed by atoms with van der Waals surface area (Å²) in [5.74, 6) is 1.03. The monoisotopic (exact) mass is 317 g/mol. The van der Waals surface area contributed by atoms with Gasteiger partial charge in [-0.05, 0) is 49.4 Å². The number of carbonyl (C=O) groups excluding carboxylic acids is 1. The second kappa shape index (κ2) is 7.59. The summed E-state index contributed by atoms with van der Waals surface area (Å²) in [4.78, 5) is 14.2. The second-order valence-electron chi connectivity index (χ2n) is 5.14. The molecule has 0 spiro atoms. The summed E-state index contributed by atoms with van der Waals surface area (Å²) >= 11 is 5.76. The van der Waals surface area contributed by atoms with Crippen molar-refractivity contribution in [2.45, 2.75) is 25.9 Å². The van der Waals surface area contributed by atoms with Gasteiger partial charge >= 0.3 is 6.61 Å². The van der Waals surface area contributed by atoms with Gasteiger partial charge in [0.25, 0.3) is 5.91 Å². The maximum atomic E-state index is 12.4. The molecule has 116 valence electrons. The van der Waals surface area contributed by atoms with Crippen molar-refractivity contribution in [3.8, 4) is 5.75 Å². The molecule has 0 bridgehead atoms. The van der Waals surface area contributed by atoms with Gasteiger partial charge in [0.2, 0.25) is 0 Å². The maximum Gasteiger partial charge on any atom is 0.387 e. The standard InChI is InChI=1S/C15H18ClF2NO2/c16-8-7-11-2-1-9-19(10-11)14(20)12-3-5-13(6-4-12)21-15(17)18/h3-6,11,15H,1-2,7-10H2. The van der Waals surface area contributed by atoms with Crippen LogP contribution in [0.15, 0.2) is 24.3 Å². The Kier molecular flexibility index (Phi) is 5.79. The summed E-state index contributed by atoms with van der Waals surface area (Å²) in [6.07, 6.45) is 2.98. The molecule has 1 fully saturated rings. The Balaban J connectivity index is 1.98. The zero-order valence-electron chi connectivity index (χ0n) is 11.6. The topological polar surface area (TPSA) is 29.5 Å². The first-order chi connectivity index (χ1) is 10.1. The number of hydrogen-bond donors (Lipinski definition) is 0. The number of halogens is 3. The van der Waals surface area contributed by atoms with Crippen molar-refractivity contribution >= 4 is 17.5 Å². The molecule has 1 unspecified atom stereocenters. The van der Waals surface area contributed by atoms with Gasteiger partial charge in [0.15, 0.2) is 0 Å². The molecule has 1 aromatic carbocycles. The van der Waals surface area contributed by atoms with E-state index in [1.165, 1.54) is 24.3 Å². The SMILES string of the molecule is O=C(c1ccc(OC(F)F)cc1)N1CCCC(CCCl)C1. The number of nitrogens with zero attached hydrogens (tertiary/aromatic N) is 1. The number of likely N-dealkylation sites (tertiary alicyclic amines) is 1. The summed E-state index contributed by atoms with van der Waals surface area (Å²) in [7, 11) is 0. The van der Waals surface area contributed by atoms with Crippen LogP contribution >= 0.6 is 11.6 Å². The molecule has 3 nitrogen and oxygen atoms in total. The molecular weight excluding hydrogens is 300 g/mol. The largest absolute Gasteiger partial charge is 0.435 e. The molecule has 6 heteroatoms. The van der Waals surface area contributed by atoms with Gasteiger partial charge in [-0.25, -0.2) is 0 Å². The van der Waals surface area contributed by atoms with Gasteiger partial charge in [-0.15, -0.1) is 11.6 Å². The number of hydrogen-bond acceptors (Lipinski definition) is 2. The number of ether oxygens (including phenoxy) is 1. The van der Waals surface area contributed by atoms with Crippen LogP contribution in [0.4, 0.5) is 8.78 Å². The van der Waals surface area contributed by atoms with Crippen LogP contribution in [0.3, 0.4) is 0 Å². The molecule has 2 rings (SSSR count). The summed E-state index contributed by atoms with van der Waals surface area (Å²) in [5, 5.41) is 0. The summed E-state index contributed by atoms with van der Waals surface area (Å²) in [5.41, 5.74) is 0.489. The highest BCUT2D eigenvalue weighted by atomic mass is 35.5. The van der Waals surface area contributed by atoms with Gasteiger partial charge in [0.1, 0.15) is 5.75 Å². The maximum absolute atomic E-state index is 12.4. The van der Waals surface area contributed by atoms with Crippen molar-refractivity contribution in [3.63, 3.8) is 0 Å². The third-order valence-electron chi connectivity index (χ3n) is 3.65. The predicted octanol–water partition coefficient (Wildman–Crippen LogP) is 3.77. The van der Waals surface area contributed by atoms with Gasteiger partial charge in [-0.1, -0.05) is 0 Å². The number of benzene rings is 1. The Morgan fingerprint density at radius 3 is 2.71 bits per heavy atom. The predicted molar refractivity (Wildman–Crippen MR) is 77.0 cm³/mol. The van der Waals surface area contributed by atoms with E-state index >= 15 is 0 Å². The molecule has 1 amide bonds. The molecule has 1 aliphatic heterocycles. The molecule has 0 radical (unpaired) electrons. The minimum atomic E-state index is -2.86. The van der Waals surface area contributed by atoms with E-state index < -0.39 is 6.61 Å². The minimum absolute atomic E-state index is 0.0558. The van der Waals surface area contributed by atoms with Crippen molar-refractivity contribution in [1.29, 1.82) is 0 Å². The molecule has 0 N–H and O–H groups in total. The fraction of sp³-hybridized carbons (Fsp3) is 0.533. The summed E-state index contributed by atoms with van der Waals surface area (Å²) in [6.45, 7) is -1.42. The molecule has 1 atom stereocenters. The van der Waals surface area contributed by atoms with Crippen molar-refractivity contribution in [3.05, 3.63) is 29.8 Å². The summed E-state index contributed by atoms with van der Waals surface area (Å²) < 4.78 is 28.4. The van der Waals surface area contributed by atoms with E-state index in [9.17, 15) is 13.6 Å². The van der Waals surface area contributed by atoms with Crippen LogP contribution in [-0.2, 0) is 0 Å². The average Bonchev–Trinajstić information content (AvgIpc) is 2.47. The minimum Gasteiger partial charge on any atom is -0.435 e. The Labute approximate surface area is 127 Å². The lowest BCUT2D eigenvalue weighted by Crippen LogP contribution is -2.40. The molecule has 1 saturated heterocycles. The first-order valence-corrected chi connectivity index (χ1v) is 7.53. The van der Waals surface area contributed by atoms with Crippen LogP contribution in [0.25, 0.3) is 0 Å². The number of amides is 1. The van der Waals surface area contributed by atoms with Crippen molar-refractivity contribution in [2.24, 2.45) is 5.92 Å². The fourth-order valence-corrected chi connectivity index (χ4v) is 2.91. The zero-order chi connectivity index (χ0) is 15.2. The normalized spacial score (nSPS) is 18.9. The Bertz CT molecular complexity index is 465. The first-order valence-electron chi connectivity index (χ1n) is 7.00. The van der Waals surface area contributed by atoms with Crippen LogP contribution in [0.1, 0.15) is 29.6 Å². The smallest absolute Gasteiger partial charge is 0.387 e. The molecule has 21 heavy (non-hydrogen) atoms. The highest BCUT2D eigenvalue weighted by Gasteiger charge is 2.24. The van der Waals surface area contributed by atoms with E-state index in [2.05, 4.69) is 4.74 Å². The lowest BCUT2D eigenvalue weighted by Gasteiger charge is -2.32.